The standard InChI is InChI=1S/C24H33N5O2S/c1-32(30,31)29-12-10-28(11-13-29)23-7-3-5-18-16-26-20(15-21(18)23)14-19-9-8-17-4-2-6-22(25)24(17)27-19/h3,5,7-9,20,22,26H,2,4,6,10-16,25H2,1H3/t20-,22?/m0/s1. The smallest absolute Gasteiger partial charge is 0.211 e. The van der Waals surface area contributed by atoms with Crippen LogP contribution in [0, 0.1) is 0 Å². The molecule has 0 radical (unpaired) electrons. The van der Waals surface area contributed by atoms with Crippen molar-refractivity contribution in [2.45, 2.75) is 50.7 Å². The number of benzene rings is 1. The van der Waals surface area contributed by atoms with Crippen LogP contribution in [0.3, 0.4) is 0 Å². The van der Waals surface area contributed by atoms with Crippen LogP contribution in [-0.2, 0) is 35.8 Å². The zero-order valence-electron chi connectivity index (χ0n) is 18.8. The first-order valence-electron chi connectivity index (χ1n) is 11.7. The second-order valence-corrected chi connectivity index (χ2v) is 11.4. The van der Waals surface area contributed by atoms with Crippen LogP contribution in [0.1, 0.15) is 47.0 Å². The van der Waals surface area contributed by atoms with Gasteiger partial charge in [-0.05, 0) is 54.5 Å². The van der Waals surface area contributed by atoms with Gasteiger partial charge in [0, 0.05) is 62.6 Å². The number of sulfonamides is 1. The van der Waals surface area contributed by atoms with E-state index in [1.54, 1.807) is 4.31 Å². The molecule has 1 saturated heterocycles. The van der Waals surface area contributed by atoms with Gasteiger partial charge in [-0.1, -0.05) is 18.2 Å². The first kappa shape index (κ1) is 21.8. The quantitative estimate of drug-likeness (QED) is 0.730. The third-order valence-electron chi connectivity index (χ3n) is 7.17. The lowest BCUT2D eigenvalue weighted by Gasteiger charge is -2.37. The van der Waals surface area contributed by atoms with E-state index in [0.29, 0.717) is 19.1 Å². The van der Waals surface area contributed by atoms with Crippen molar-refractivity contribution in [3.05, 3.63) is 58.4 Å². The molecule has 1 fully saturated rings. The molecule has 2 atom stereocenters. The molecule has 3 heterocycles. The summed E-state index contributed by atoms with van der Waals surface area (Å²) in [5.74, 6) is 0. The highest BCUT2D eigenvalue weighted by Gasteiger charge is 2.28. The van der Waals surface area contributed by atoms with Crippen LogP contribution in [-0.4, -0.2) is 56.2 Å². The first-order chi connectivity index (χ1) is 15.4. The van der Waals surface area contributed by atoms with Gasteiger partial charge in [-0.3, -0.25) is 4.98 Å². The van der Waals surface area contributed by atoms with Crippen molar-refractivity contribution in [1.29, 1.82) is 0 Å². The number of piperazine rings is 1. The van der Waals surface area contributed by atoms with E-state index in [0.717, 1.165) is 63.1 Å². The van der Waals surface area contributed by atoms with Crippen molar-refractivity contribution in [2.24, 2.45) is 5.73 Å². The topological polar surface area (TPSA) is 91.6 Å². The highest BCUT2D eigenvalue weighted by atomic mass is 32.2. The van der Waals surface area contributed by atoms with Gasteiger partial charge in [-0.25, -0.2) is 8.42 Å². The van der Waals surface area contributed by atoms with Crippen LogP contribution in [0.2, 0.25) is 0 Å². The Bertz CT molecular complexity index is 1100. The molecule has 1 aromatic carbocycles. The molecular formula is C24H33N5O2S. The van der Waals surface area contributed by atoms with Gasteiger partial charge in [0.15, 0.2) is 0 Å². The molecule has 1 aliphatic carbocycles. The minimum absolute atomic E-state index is 0.0657. The third-order valence-corrected chi connectivity index (χ3v) is 8.47. The molecule has 0 amide bonds. The fourth-order valence-corrected chi connectivity index (χ4v) is 6.22. The van der Waals surface area contributed by atoms with E-state index in [9.17, 15) is 8.42 Å². The number of hydrogen-bond donors (Lipinski definition) is 2. The van der Waals surface area contributed by atoms with E-state index in [2.05, 4.69) is 40.5 Å². The monoisotopic (exact) mass is 455 g/mol. The second-order valence-electron chi connectivity index (χ2n) is 9.40. The van der Waals surface area contributed by atoms with E-state index < -0.39 is 10.0 Å². The maximum Gasteiger partial charge on any atom is 0.211 e. The van der Waals surface area contributed by atoms with Crippen LogP contribution in [0.15, 0.2) is 30.3 Å². The van der Waals surface area contributed by atoms with Crippen LogP contribution < -0.4 is 16.0 Å². The summed E-state index contributed by atoms with van der Waals surface area (Å²) >= 11 is 0. The average molecular weight is 456 g/mol. The number of hydrogen-bond acceptors (Lipinski definition) is 6. The molecule has 1 aromatic heterocycles. The lowest BCUT2D eigenvalue weighted by molar-refractivity contribution is 0.387. The Hall–Kier alpha value is -2.00. The van der Waals surface area contributed by atoms with Crippen LogP contribution in [0.5, 0.6) is 0 Å². The van der Waals surface area contributed by atoms with Gasteiger partial charge in [0.2, 0.25) is 10.0 Å². The zero-order valence-corrected chi connectivity index (χ0v) is 19.6. The van der Waals surface area contributed by atoms with Gasteiger partial charge < -0.3 is 16.0 Å². The van der Waals surface area contributed by atoms with Crippen molar-refractivity contribution in [3.63, 3.8) is 0 Å². The Morgan fingerprint density at radius 3 is 2.72 bits per heavy atom. The van der Waals surface area contributed by atoms with Crippen molar-refractivity contribution in [1.82, 2.24) is 14.6 Å². The molecule has 3 aliphatic rings. The number of aryl methyl sites for hydroxylation is 1. The number of nitrogens with zero attached hydrogens (tertiary/aromatic N) is 3. The molecule has 2 aromatic rings. The van der Waals surface area contributed by atoms with E-state index in [-0.39, 0.29) is 6.04 Å². The van der Waals surface area contributed by atoms with Crippen LogP contribution in [0.4, 0.5) is 5.69 Å². The summed E-state index contributed by atoms with van der Waals surface area (Å²) in [5, 5.41) is 3.69. The summed E-state index contributed by atoms with van der Waals surface area (Å²) < 4.78 is 25.3. The molecule has 2 aliphatic heterocycles. The first-order valence-corrected chi connectivity index (χ1v) is 13.5. The Morgan fingerprint density at radius 1 is 1.12 bits per heavy atom. The molecule has 32 heavy (non-hydrogen) atoms. The highest BCUT2D eigenvalue weighted by Crippen LogP contribution is 2.31. The van der Waals surface area contributed by atoms with Crippen molar-refractivity contribution >= 4 is 15.7 Å². The number of pyridine rings is 1. The maximum atomic E-state index is 11.9. The van der Waals surface area contributed by atoms with Crippen LogP contribution in [0.25, 0.3) is 0 Å². The molecule has 1 unspecified atom stereocenters. The molecule has 3 N–H and O–H groups in total. The summed E-state index contributed by atoms with van der Waals surface area (Å²) in [6, 6.07) is 11.3. The number of rotatable bonds is 4. The normalized spacial score (nSPS) is 24.1. The van der Waals surface area contributed by atoms with Crippen LogP contribution >= 0.6 is 0 Å². The minimum Gasteiger partial charge on any atom is -0.369 e. The molecule has 7 nitrogen and oxygen atoms in total. The third kappa shape index (κ3) is 4.41. The molecule has 0 spiro atoms. The fraction of sp³-hybridized carbons (Fsp3) is 0.542. The molecule has 8 heteroatoms. The van der Waals surface area contributed by atoms with Gasteiger partial charge in [0.05, 0.1) is 11.9 Å². The summed E-state index contributed by atoms with van der Waals surface area (Å²) in [4.78, 5) is 7.30. The molecule has 0 saturated carbocycles. The van der Waals surface area contributed by atoms with Gasteiger partial charge >= 0.3 is 0 Å². The van der Waals surface area contributed by atoms with E-state index in [4.69, 9.17) is 10.7 Å². The van der Waals surface area contributed by atoms with Crippen molar-refractivity contribution < 1.29 is 8.42 Å². The molecule has 172 valence electrons. The predicted molar refractivity (Wildman–Crippen MR) is 127 cm³/mol. The molecule has 0 bridgehead atoms. The average Bonchev–Trinajstić information content (AvgIpc) is 2.79. The number of nitrogens with two attached hydrogens (primary N) is 1. The maximum absolute atomic E-state index is 11.9. The summed E-state index contributed by atoms with van der Waals surface area (Å²) in [7, 11) is -3.12. The number of aromatic nitrogens is 1. The summed E-state index contributed by atoms with van der Waals surface area (Å²) in [5.41, 5.74) is 13.8. The van der Waals surface area contributed by atoms with E-state index in [1.807, 2.05) is 0 Å². The SMILES string of the molecule is CS(=O)(=O)N1CCN(c2cccc3c2C[C@H](Cc2ccc4c(n2)C(N)CCC4)NC3)CC1. The lowest BCUT2D eigenvalue weighted by atomic mass is 9.89. The minimum atomic E-state index is -3.12. The predicted octanol–water partition coefficient (Wildman–Crippen LogP) is 1.76. The highest BCUT2D eigenvalue weighted by molar-refractivity contribution is 7.88. The Kier molecular flexibility index (Phi) is 5.96. The second kappa shape index (κ2) is 8.74. The van der Waals surface area contributed by atoms with E-state index in [1.165, 1.54) is 28.6 Å². The Labute approximate surface area is 191 Å². The number of fused-ring (bicyclic) bond motifs is 2. The largest absolute Gasteiger partial charge is 0.369 e. The fourth-order valence-electron chi connectivity index (χ4n) is 5.39. The van der Waals surface area contributed by atoms with E-state index >= 15 is 0 Å². The van der Waals surface area contributed by atoms with Gasteiger partial charge in [0.25, 0.3) is 0 Å². The van der Waals surface area contributed by atoms with Gasteiger partial charge in [-0.2, -0.15) is 4.31 Å². The Balaban J connectivity index is 1.31. The van der Waals surface area contributed by atoms with Gasteiger partial charge in [0.1, 0.15) is 0 Å². The van der Waals surface area contributed by atoms with Crippen molar-refractivity contribution in [3.8, 4) is 0 Å². The van der Waals surface area contributed by atoms with Gasteiger partial charge in [-0.15, -0.1) is 0 Å². The summed E-state index contributed by atoms with van der Waals surface area (Å²) in [6.45, 7) is 3.40. The number of nitrogens with one attached hydrogen (secondary N) is 1. The summed E-state index contributed by atoms with van der Waals surface area (Å²) in [6.07, 6.45) is 6.39. The van der Waals surface area contributed by atoms with Crippen molar-refractivity contribution in [2.75, 3.05) is 37.3 Å². The Morgan fingerprint density at radius 2 is 1.94 bits per heavy atom. The number of anilines is 1. The lowest BCUT2D eigenvalue weighted by Crippen LogP contribution is -2.49. The molecular weight excluding hydrogens is 422 g/mol. The molecule has 5 rings (SSSR count). The zero-order chi connectivity index (χ0) is 22.3.